The summed E-state index contributed by atoms with van der Waals surface area (Å²) in [6.07, 6.45) is 4.11. The van der Waals surface area contributed by atoms with Gasteiger partial charge in [0.2, 0.25) is 5.95 Å². The molecular weight excluding hydrogens is 338 g/mol. The summed E-state index contributed by atoms with van der Waals surface area (Å²) in [6.45, 7) is 4.34. The maximum Gasteiger partial charge on any atom is 0.249 e. The van der Waals surface area contributed by atoms with Crippen LogP contribution in [-0.4, -0.2) is 28.3 Å². The Kier molecular flexibility index (Phi) is 5.14. The highest BCUT2D eigenvalue weighted by Crippen LogP contribution is 2.25. The van der Waals surface area contributed by atoms with Gasteiger partial charge in [0, 0.05) is 18.8 Å². The number of ether oxygens (including phenoxy) is 1. The smallest absolute Gasteiger partial charge is 0.249 e. The van der Waals surface area contributed by atoms with Crippen molar-refractivity contribution in [3.63, 3.8) is 0 Å². The van der Waals surface area contributed by atoms with Crippen LogP contribution in [0.25, 0.3) is 0 Å². The molecule has 27 heavy (non-hydrogen) atoms. The van der Waals surface area contributed by atoms with Gasteiger partial charge < -0.3 is 15.0 Å². The van der Waals surface area contributed by atoms with Crippen LogP contribution < -0.4 is 15.0 Å². The zero-order valence-corrected chi connectivity index (χ0v) is 15.4. The highest BCUT2D eigenvalue weighted by Gasteiger charge is 2.17. The van der Waals surface area contributed by atoms with E-state index >= 15 is 0 Å². The van der Waals surface area contributed by atoms with Gasteiger partial charge in [-0.15, -0.1) is 5.10 Å². The Labute approximate surface area is 159 Å². The largest absolute Gasteiger partial charge is 0.457 e. The third-order valence-corrected chi connectivity index (χ3v) is 4.74. The lowest BCUT2D eigenvalue weighted by molar-refractivity contribution is 0.436. The number of anilines is 3. The summed E-state index contributed by atoms with van der Waals surface area (Å²) in [7, 11) is 0. The lowest BCUT2D eigenvalue weighted by Crippen LogP contribution is -2.33. The predicted octanol–water partition coefficient (Wildman–Crippen LogP) is 4.64. The highest BCUT2D eigenvalue weighted by atomic mass is 16.5. The van der Waals surface area contributed by atoms with Crippen LogP contribution in [0.1, 0.15) is 19.8 Å². The molecule has 6 heteroatoms. The van der Waals surface area contributed by atoms with Gasteiger partial charge in [0.25, 0.3) is 0 Å². The van der Waals surface area contributed by atoms with E-state index in [-0.39, 0.29) is 0 Å². The van der Waals surface area contributed by atoms with Gasteiger partial charge in [0.05, 0.1) is 6.20 Å². The second kappa shape index (κ2) is 8.03. The Hall–Kier alpha value is -3.15. The van der Waals surface area contributed by atoms with Gasteiger partial charge in [-0.1, -0.05) is 25.1 Å². The minimum Gasteiger partial charge on any atom is -0.457 e. The van der Waals surface area contributed by atoms with Crippen LogP contribution in [0.15, 0.2) is 60.8 Å². The molecular formula is C21H23N5O. The van der Waals surface area contributed by atoms with Crippen molar-refractivity contribution < 1.29 is 4.74 Å². The SMILES string of the molecule is CC1CCN(c2cnnc(Nc3ccc(Oc4ccccc4)cc3)n2)CC1. The first kappa shape index (κ1) is 17.3. The summed E-state index contributed by atoms with van der Waals surface area (Å²) in [5.41, 5.74) is 0.890. The fourth-order valence-electron chi connectivity index (χ4n) is 3.10. The Morgan fingerprint density at radius 2 is 1.67 bits per heavy atom. The Morgan fingerprint density at radius 3 is 2.41 bits per heavy atom. The Balaban J connectivity index is 1.41. The number of benzene rings is 2. The van der Waals surface area contributed by atoms with Gasteiger partial charge in [-0.2, -0.15) is 10.1 Å². The van der Waals surface area contributed by atoms with Crippen LogP contribution >= 0.6 is 0 Å². The molecule has 0 saturated carbocycles. The summed E-state index contributed by atoms with van der Waals surface area (Å²) >= 11 is 0. The van der Waals surface area contributed by atoms with E-state index in [1.54, 1.807) is 6.20 Å². The van der Waals surface area contributed by atoms with Crippen LogP contribution in [0.3, 0.4) is 0 Å². The van der Waals surface area contributed by atoms with E-state index < -0.39 is 0 Å². The Morgan fingerprint density at radius 1 is 0.963 bits per heavy atom. The van der Waals surface area contributed by atoms with Crippen LogP contribution in [0.5, 0.6) is 11.5 Å². The first-order valence-corrected chi connectivity index (χ1v) is 9.31. The maximum atomic E-state index is 5.81. The normalized spacial score (nSPS) is 14.8. The number of piperidine rings is 1. The molecule has 1 fully saturated rings. The van der Waals surface area contributed by atoms with Gasteiger partial charge in [-0.25, -0.2) is 0 Å². The van der Waals surface area contributed by atoms with E-state index in [1.165, 1.54) is 12.8 Å². The lowest BCUT2D eigenvalue weighted by atomic mass is 9.99. The fourth-order valence-corrected chi connectivity index (χ4v) is 3.10. The van der Waals surface area contributed by atoms with Crippen molar-refractivity contribution in [1.29, 1.82) is 0 Å². The van der Waals surface area contributed by atoms with Crippen molar-refractivity contribution in [3.05, 3.63) is 60.8 Å². The second-order valence-corrected chi connectivity index (χ2v) is 6.87. The molecule has 0 spiro atoms. The van der Waals surface area contributed by atoms with Crippen LogP contribution in [0.2, 0.25) is 0 Å². The minimum atomic E-state index is 0.503. The molecule has 1 N–H and O–H groups in total. The molecule has 2 aromatic carbocycles. The first-order chi connectivity index (χ1) is 13.3. The van der Waals surface area contributed by atoms with Crippen molar-refractivity contribution in [2.45, 2.75) is 19.8 Å². The van der Waals surface area contributed by atoms with Crippen molar-refractivity contribution in [1.82, 2.24) is 15.2 Å². The Bertz CT molecular complexity index is 861. The molecule has 3 aromatic rings. The predicted molar refractivity (Wildman–Crippen MR) is 107 cm³/mol. The van der Waals surface area contributed by atoms with Crippen molar-refractivity contribution in [2.24, 2.45) is 5.92 Å². The molecule has 0 aliphatic carbocycles. The number of para-hydroxylation sites is 1. The lowest BCUT2D eigenvalue weighted by Gasteiger charge is -2.30. The number of hydrogen-bond acceptors (Lipinski definition) is 6. The van der Waals surface area contributed by atoms with Gasteiger partial charge in [0.1, 0.15) is 11.5 Å². The quantitative estimate of drug-likeness (QED) is 0.714. The van der Waals surface area contributed by atoms with E-state index in [0.717, 1.165) is 42.0 Å². The van der Waals surface area contributed by atoms with Gasteiger partial charge >= 0.3 is 0 Å². The summed E-state index contributed by atoms with van der Waals surface area (Å²) in [4.78, 5) is 6.89. The molecule has 1 aliphatic rings. The minimum absolute atomic E-state index is 0.503. The number of aromatic nitrogens is 3. The topological polar surface area (TPSA) is 63.2 Å². The molecule has 138 valence electrons. The number of nitrogens with zero attached hydrogens (tertiary/aromatic N) is 4. The molecule has 4 rings (SSSR count). The van der Waals surface area contributed by atoms with Crippen molar-refractivity contribution in [2.75, 3.05) is 23.3 Å². The standard InChI is InChI=1S/C21H23N5O/c1-16-11-13-26(14-12-16)20-15-22-25-21(24-20)23-17-7-9-19(10-8-17)27-18-5-3-2-4-6-18/h2-10,15-16H,11-14H2,1H3,(H,23,24,25). The van der Waals surface area contributed by atoms with Gasteiger partial charge in [-0.05, 0) is 55.2 Å². The third kappa shape index (κ3) is 4.53. The fraction of sp³-hybridized carbons (Fsp3) is 0.286. The van der Waals surface area contributed by atoms with Crippen LogP contribution in [0, 0.1) is 5.92 Å². The summed E-state index contributed by atoms with van der Waals surface area (Å²) in [6, 6.07) is 17.4. The average molecular weight is 361 g/mol. The number of nitrogens with one attached hydrogen (secondary N) is 1. The van der Waals surface area contributed by atoms with E-state index in [1.807, 2.05) is 54.6 Å². The van der Waals surface area contributed by atoms with E-state index in [9.17, 15) is 0 Å². The zero-order valence-electron chi connectivity index (χ0n) is 15.4. The number of rotatable bonds is 5. The zero-order chi connectivity index (χ0) is 18.5. The second-order valence-electron chi connectivity index (χ2n) is 6.87. The molecule has 6 nitrogen and oxygen atoms in total. The van der Waals surface area contributed by atoms with Crippen LogP contribution in [0.4, 0.5) is 17.5 Å². The van der Waals surface area contributed by atoms with Gasteiger partial charge in [-0.3, -0.25) is 0 Å². The molecule has 0 bridgehead atoms. The number of hydrogen-bond donors (Lipinski definition) is 1. The van der Waals surface area contributed by atoms with E-state index in [2.05, 4.69) is 32.3 Å². The first-order valence-electron chi connectivity index (χ1n) is 9.31. The third-order valence-electron chi connectivity index (χ3n) is 4.74. The average Bonchev–Trinajstić information content (AvgIpc) is 2.71. The maximum absolute atomic E-state index is 5.81. The molecule has 1 aromatic heterocycles. The molecule has 0 atom stereocenters. The van der Waals surface area contributed by atoms with E-state index in [4.69, 9.17) is 4.74 Å². The van der Waals surface area contributed by atoms with E-state index in [0.29, 0.717) is 5.95 Å². The molecule has 1 aliphatic heterocycles. The van der Waals surface area contributed by atoms with Crippen molar-refractivity contribution >= 4 is 17.5 Å². The van der Waals surface area contributed by atoms with Crippen molar-refractivity contribution in [3.8, 4) is 11.5 Å². The monoisotopic (exact) mass is 361 g/mol. The highest BCUT2D eigenvalue weighted by molar-refractivity contribution is 5.56. The summed E-state index contributed by atoms with van der Waals surface area (Å²) in [5.74, 6) is 3.76. The molecule has 0 amide bonds. The molecule has 0 radical (unpaired) electrons. The summed E-state index contributed by atoms with van der Waals surface area (Å²) in [5, 5.41) is 11.4. The summed E-state index contributed by atoms with van der Waals surface area (Å²) < 4.78 is 5.81. The van der Waals surface area contributed by atoms with Gasteiger partial charge in [0.15, 0.2) is 5.82 Å². The molecule has 2 heterocycles. The molecule has 1 saturated heterocycles. The molecule has 0 unspecified atom stereocenters. The van der Waals surface area contributed by atoms with Crippen LogP contribution in [-0.2, 0) is 0 Å².